The van der Waals surface area contributed by atoms with Crippen LogP contribution in [0.15, 0.2) is 29.3 Å². The largest absolute Gasteiger partial charge is 0.391 e. The summed E-state index contributed by atoms with van der Waals surface area (Å²) in [7, 11) is 0. The van der Waals surface area contributed by atoms with Crippen LogP contribution in [0.2, 0.25) is 0 Å². The lowest BCUT2D eigenvalue weighted by Crippen LogP contribution is -2.41. The number of aliphatic hydroxyl groups excluding tert-OH is 1. The second-order valence-corrected chi connectivity index (χ2v) is 5.78. The molecule has 1 aromatic rings. The van der Waals surface area contributed by atoms with Crippen LogP contribution >= 0.6 is 0 Å². The van der Waals surface area contributed by atoms with E-state index in [0.29, 0.717) is 19.6 Å². The van der Waals surface area contributed by atoms with Gasteiger partial charge in [-0.05, 0) is 31.0 Å². The standard InChI is InChI=1S/C17H25FN4O2/c1-2-19-17(22-10-7-15(23)12-22)21-9-8-20-16(24)11-13-3-5-14(18)6-4-13/h3-6,15,23H,2,7-12H2,1H3,(H,19,21)(H,20,24)/t15-/m1/s1. The van der Waals surface area contributed by atoms with Gasteiger partial charge < -0.3 is 20.6 Å². The summed E-state index contributed by atoms with van der Waals surface area (Å²) in [5.41, 5.74) is 0.775. The smallest absolute Gasteiger partial charge is 0.224 e. The summed E-state index contributed by atoms with van der Waals surface area (Å²) in [6.45, 7) is 5.01. The van der Waals surface area contributed by atoms with E-state index in [1.807, 2.05) is 11.8 Å². The number of hydrogen-bond donors (Lipinski definition) is 3. The summed E-state index contributed by atoms with van der Waals surface area (Å²) < 4.78 is 12.8. The van der Waals surface area contributed by atoms with Crippen LogP contribution in [0.4, 0.5) is 4.39 Å². The molecular weight excluding hydrogens is 311 g/mol. The number of aliphatic hydroxyl groups is 1. The highest BCUT2D eigenvalue weighted by atomic mass is 19.1. The van der Waals surface area contributed by atoms with E-state index in [2.05, 4.69) is 15.6 Å². The Labute approximate surface area is 141 Å². The molecule has 1 aliphatic rings. The number of likely N-dealkylation sites (tertiary alicyclic amines) is 1. The van der Waals surface area contributed by atoms with Gasteiger partial charge in [0.15, 0.2) is 5.96 Å². The van der Waals surface area contributed by atoms with E-state index in [9.17, 15) is 14.3 Å². The molecule has 0 aliphatic carbocycles. The van der Waals surface area contributed by atoms with Gasteiger partial charge in [-0.15, -0.1) is 0 Å². The van der Waals surface area contributed by atoms with Crippen LogP contribution in [-0.2, 0) is 11.2 Å². The maximum atomic E-state index is 12.8. The van der Waals surface area contributed by atoms with Gasteiger partial charge in [0.25, 0.3) is 0 Å². The van der Waals surface area contributed by atoms with Crippen LogP contribution in [0, 0.1) is 5.82 Å². The molecule has 0 bridgehead atoms. The maximum Gasteiger partial charge on any atom is 0.224 e. The molecule has 24 heavy (non-hydrogen) atoms. The number of carbonyl (C=O) groups excluding carboxylic acids is 1. The summed E-state index contributed by atoms with van der Waals surface area (Å²) >= 11 is 0. The number of guanidine groups is 1. The van der Waals surface area contributed by atoms with Crippen molar-refractivity contribution in [3.8, 4) is 0 Å². The fourth-order valence-corrected chi connectivity index (χ4v) is 2.57. The highest BCUT2D eigenvalue weighted by Crippen LogP contribution is 2.08. The van der Waals surface area contributed by atoms with Crippen molar-refractivity contribution in [2.45, 2.75) is 25.9 Å². The van der Waals surface area contributed by atoms with Crippen molar-refractivity contribution in [3.05, 3.63) is 35.6 Å². The van der Waals surface area contributed by atoms with E-state index in [1.54, 1.807) is 12.1 Å². The number of β-amino-alcohol motifs (C(OH)–C–C–N with tert-alkyl or cyclic N) is 1. The fraction of sp³-hybridized carbons (Fsp3) is 0.529. The van der Waals surface area contributed by atoms with Crippen molar-refractivity contribution in [2.24, 2.45) is 4.99 Å². The highest BCUT2D eigenvalue weighted by molar-refractivity contribution is 5.80. The lowest BCUT2D eigenvalue weighted by Gasteiger charge is -2.20. The average molecular weight is 336 g/mol. The third-order valence-electron chi connectivity index (χ3n) is 3.77. The number of nitrogens with one attached hydrogen (secondary N) is 2. The lowest BCUT2D eigenvalue weighted by atomic mass is 10.1. The fourth-order valence-electron chi connectivity index (χ4n) is 2.57. The van der Waals surface area contributed by atoms with Gasteiger partial charge >= 0.3 is 0 Å². The van der Waals surface area contributed by atoms with Crippen molar-refractivity contribution in [3.63, 3.8) is 0 Å². The molecule has 1 heterocycles. The van der Waals surface area contributed by atoms with Gasteiger partial charge in [-0.3, -0.25) is 9.79 Å². The number of benzene rings is 1. The van der Waals surface area contributed by atoms with E-state index >= 15 is 0 Å². The summed E-state index contributed by atoms with van der Waals surface area (Å²) in [5, 5.41) is 15.6. The van der Waals surface area contributed by atoms with Gasteiger partial charge in [0.05, 0.1) is 19.1 Å². The number of aliphatic imine (C=N–C) groups is 1. The van der Waals surface area contributed by atoms with Crippen LogP contribution in [0.3, 0.4) is 0 Å². The predicted octanol–water partition coefficient (Wildman–Crippen LogP) is 0.517. The van der Waals surface area contributed by atoms with Gasteiger partial charge in [-0.1, -0.05) is 12.1 Å². The summed E-state index contributed by atoms with van der Waals surface area (Å²) in [6.07, 6.45) is 0.672. The lowest BCUT2D eigenvalue weighted by molar-refractivity contribution is -0.120. The first-order valence-electron chi connectivity index (χ1n) is 8.31. The third kappa shape index (κ3) is 5.81. The Hall–Kier alpha value is -2.15. The molecule has 132 valence electrons. The minimum atomic E-state index is -0.309. The Morgan fingerprint density at radius 2 is 2.12 bits per heavy atom. The van der Waals surface area contributed by atoms with Crippen molar-refractivity contribution in [1.29, 1.82) is 0 Å². The van der Waals surface area contributed by atoms with Gasteiger partial charge in [-0.25, -0.2) is 4.39 Å². The van der Waals surface area contributed by atoms with Crippen molar-refractivity contribution >= 4 is 11.9 Å². The van der Waals surface area contributed by atoms with Crippen LogP contribution < -0.4 is 10.6 Å². The zero-order valence-electron chi connectivity index (χ0n) is 14.0. The minimum absolute atomic E-state index is 0.113. The number of carbonyl (C=O) groups is 1. The molecule has 2 rings (SSSR count). The van der Waals surface area contributed by atoms with Crippen LogP contribution in [0.1, 0.15) is 18.9 Å². The molecule has 3 N–H and O–H groups in total. The van der Waals surface area contributed by atoms with Crippen LogP contribution in [-0.4, -0.2) is 60.7 Å². The normalized spacial score (nSPS) is 17.9. The number of nitrogens with zero attached hydrogens (tertiary/aromatic N) is 2. The average Bonchev–Trinajstić information content (AvgIpc) is 2.99. The van der Waals surface area contributed by atoms with E-state index in [1.165, 1.54) is 12.1 Å². The zero-order chi connectivity index (χ0) is 17.4. The second-order valence-electron chi connectivity index (χ2n) is 5.78. The molecule has 0 saturated carbocycles. The molecule has 1 aromatic carbocycles. The number of amides is 1. The zero-order valence-corrected chi connectivity index (χ0v) is 14.0. The molecule has 6 nitrogen and oxygen atoms in total. The van der Waals surface area contributed by atoms with Crippen molar-refractivity contribution in [2.75, 3.05) is 32.7 Å². The Bertz CT molecular complexity index is 562. The second kappa shape index (κ2) is 9.22. The quantitative estimate of drug-likeness (QED) is 0.402. The molecule has 1 fully saturated rings. The topological polar surface area (TPSA) is 77.0 Å². The number of hydrogen-bond acceptors (Lipinski definition) is 3. The van der Waals surface area contributed by atoms with Gasteiger partial charge in [0, 0.05) is 26.2 Å². The molecular formula is C17H25FN4O2. The van der Waals surface area contributed by atoms with E-state index in [0.717, 1.165) is 31.0 Å². The Balaban J connectivity index is 1.74. The molecule has 0 aromatic heterocycles. The molecule has 0 spiro atoms. The van der Waals surface area contributed by atoms with Crippen molar-refractivity contribution < 1.29 is 14.3 Å². The Morgan fingerprint density at radius 1 is 1.38 bits per heavy atom. The highest BCUT2D eigenvalue weighted by Gasteiger charge is 2.22. The summed E-state index contributed by atoms with van der Waals surface area (Å²) in [5.74, 6) is 0.344. The van der Waals surface area contributed by atoms with Crippen LogP contribution in [0.5, 0.6) is 0 Å². The monoisotopic (exact) mass is 336 g/mol. The first kappa shape index (κ1) is 18.2. The number of halogens is 1. The van der Waals surface area contributed by atoms with Gasteiger partial charge in [0.2, 0.25) is 5.91 Å². The molecule has 1 saturated heterocycles. The van der Waals surface area contributed by atoms with Gasteiger partial charge in [-0.2, -0.15) is 0 Å². The number of rotatable bonds is 6. The van der Waals surface area contributed by atoms with Crippen molar-refractivity contribution in [1.82, 2.24) is 15.5 Å². The molecule has 1 amide bonds. The van der Waals surface area contributed by atoms with Crippen LogP contribution in [0.25, 0.3) is 0 Å². The first-order chi connectivity index (χ1) is 11.6. The summed E-state index contributed by atoms with van der Waals surface area (Å²) in [4.78, 5) is 18.4. The SMILES string of the molecule is CCNC(=NCCNC(=O)Cc1ccc(F)cc1)N1CC[C@@H](O)C1. The minimum Gasteiger partial charge on any atom is -0.391 e. The third-order valence-corrected chi connectivity index (χ3v) is 3.77. The molecule has 7 heteroatoms. The predicted molar refractivity (Wildman–Crippen MR) is 91.3 cm³/mol. The Kier molecular flexibility index (Phi) is 6.99. The summed E-state index contributed by atoms with van der Waals surface area (Å²) in [6, 6.07) is 5.91. The van der Waals surface area contributed by atoms with Gasteiger partial charge in [0.1, 0.15) is 5.82 Å². The van der Waals surface area contributed by atoms with E-state index < -0.39 is 0 Å². The molecule has 1 atom stereocenters. The van der Waals surface area contributed by atoms with E-state index in [-0.39, 0.29) is 24.2 Å². The Morgan fingerprint density at radius 3 is 2.75 bits per heavy atom. The molecule has 0 unspecified atom stereocenters. The molecule has 0 radical (unpaired) electrons. The molecule has 1 aliphatic heterocycles. The first-order valence-corrected chi connectivity index (χ1v) is 8.31. The van der Waals surface area contributed by atoms with E-state index in [4.69, 9.17) is 0 Å². The maximum absolute atomic E-state index is 12.8.